The molecule has 0 spiro atoms. The van der Waals surface area contributed by atoms with Crippen molar-refractivity contribution in [3.63, 3.8) is 0 Å². The number of ether oxygens (including phenoxy) is 5. The summed E-state index contributed by atoms with van der Waals surface area (Å²) >= 11 is 0. The molecule has 3 rings (SSSR count). The van der Waals surface area contributed by atoms with E-state index in [0.29, 0.717) is 30.5 Å². The molecule has 0 aromatic heterocycles. The molecule has 0 N–H and O–H groups in total. The highest BCUT2D eigenvalue weighted by Gasteiger charge is 2.14. The summed E-state index contributed by atoms with van der Waals surface area (Å²) in [5, 5.41) is 2.28. The Morgan fingerprint density at radius 2 is 1.33 bits per heavy atom. The summed E-state index contributed by atoms with van der Waals surface area (Å²) in [6.07, 6.45) is 0. The fourth-order valence-corrected chi connectivity index (χ4v) is 3.15. The van der Waals surface area contributed by atoms with Crippen molar-refractivity contribution in [1.29, 1.82) is 0 Å². The van der Waals surface area contributed by atoms with Gasteiger partial charge in [0.25, 0.3) is 0 Å². The summed E-state index contributed by atoms with van der Waals surface area (Å²) in [6, 6.07) is 16.0. The molecule has 0 radical (unpaired) electrons. The fraction of sp³-hybridized carbons (Fsp3) is 0.273. The van der Waals surface area contributed by atoms with E-state index in [1.165, 1.54) is 0 Å². The van der Waals surface area contributed by atoms with Crippen molar-refractivity contribution >= 4 is 10.8 Å². The van der Waals surface area contributed by atoms with E-state index in [2.05, 4.69) is 18.2 Å². The molecule has 142 valence electrons. The van der Waals surface area contributed by atoms with Crippen LogP contribution in [0.4, 0.5) is 0 Å². The van der Waals surface area contributed by atoms with Gasteiger partial charge < -0.3 is 23.7 Å². The minimum atomic E-state index is 0.406. The molecule has 0 fully saturated rings. The Kier molecular flexibility index (Phi) is 6.04. The van der Waals surface area contributed by atoms with E-state index in [-0.39, 0.29) is 0 Å². The van der Waals surface area contributed by atoms with E-state index in [1.54, 1.807) is 28.4 Å². The summed E-state index contributed by atoms with van der Waals surface area (Å²) in [5.74, 6) is 2.61. The summed E-state index contributed by atoms with van der Waals surface area (Å²) < 4.78 is 27.7. The topological polar surface area (TPSA) is 46.2 Å². The SMILES string of the molecule is COc1cc(COCc2c(OC)ccc3ccccc23)cc(OC)c1OC. The molecule has 0 bridgehead atoms. The number of fused-ring (bicyclic) bond motifs is 1. The van der Waals surface area contributed by atoms with Crippen LogP contribution in [0.2, 0.25) is 0 Å². The quantitative estimate of drug-likeness (QED) is 0.582. The molecule has 0 saturated heterocycles. The Bertz CT molecular complexity index is 895. The second-order valence-corrected chi connectivity index (χ2v) is 5.99. The van der Waals surface area contributed by atoms with Gasteiger partial charge in [0, 0.05) is 5.56 Å². The highest BCUT2D eigenvalue weighted by atomic mass is 16.5. The van der Waals surface area contributed by atoms with Gasteiger partial charge in [-0.1, -0.05) is 30.3 Å². The maximum Gasteiger partial charge on any atom is 0.203 e. The number of benzene rings is 3. The van der Waals surface area contributed by atoms with Crippen molar-refractivity contribution in [3.05, 3.63) is 59.7 Å². The van der Waals surface area contributed by atoms with Crippen LogP contribution in [0, 0.1) is 0 Å². The largest absolute Gasteiger partial charge is 0.496 e. The summed E-state index contributed by atoms with van der Waals surface area (Å²) in [6.45, 7) is 0.838. The van der Waals surface area contributed by atoms with Gasteiger partial charge >= 0.3 is 0 Å². The number of methoxy groups -OCH3 is 4. The third-order valence-corrected chi connectivity index (χ3v) is 4.46. The van der Waals surface area contributed by atoms with E-state index >= 15 is 0 Å². The lowest BCUT2D eigenvalue weighted by Crippen LogP contribution is -2.01. The first-order valence-electron chi connectivity index (χ1n) is 8.63. The van der Waals surface area contributed by atoms with Gasteiger partial charge in [-0.15, -0.1) is 0 Å². The molecule has 0 aliphatic rings. The van der Waals surface area contributed by atoms with Gasteiger partial charge in [-0.05, 0) is 34.5 Å². The molecule has 27 heavy (non-hydrogen) atoms. The molecule has 0 saturated carbocycles. The Morgan fingerprint density at radius 1 is 0.667 bits per heavy atom. The van der Waals surface area contributed by atoms with Crippen molar-refractivity contribution in [2.45, 2.75) is 13.2 Å². The lowest BCUT2D eigenvalue weighted by molar-refractivity contribution is 0.106. The molecule has 0 aliphatic carbocycles. The Morgan fingerprint density at radius 3 is 1.96 bits per heavy atom. The first kappa shape index (κ1) is 18.9. The van der Waals surface area contributed by atoms with Crippen LogP contribution >= 0.6 is 0 Å². The summed E-state index contributed by atoms with van der Waals surface area (Å²) in [7, 11) is 6.46. The van der Waals surface area contributed by atoms with Crippen LogP contribution in [0.15, 0.2) is 48.5 Å². The predicted molar refractivity (Wildman–Crippen MR) is 105 cm³/mol. The third kappa shape index (κ3) is 3.93. The molecular formula is C22H24O5. The molecule has 0 heterocycles. The fourth-order valence-electron chi connectivity index (χ4n) is 3.15. The van der Waals surface area contributed by atoms with Crippen LogP contribution in [-0.4, -0.2) is 28.4 Å². The second-order valence-electron chi connectivity index (χ2n) is 5.99. The van der Waals surface area contributed by atoms with Crippen molar-refractivity contribution < 1.29 is 23.7 Å². The van der Waals surface area contributed by atoms with Crippen molar-refractivity contribution in [2.24, 2.45) is 0 Å². The van der Waals surface area contributed by atoms with E-state index in [9.17, 15) is 0 Å². The molecule has 0 atom stereocenters. The first-order chi connectivity index (χ1) is 13.2. The van der Waals surface area contributed by atoms with E-state index < -0.39 is 0 Å². The summed E-state index contributed by atoms with van der Waals surface area (Å²) in [5.41, 5.74) is 1.96. The zero-order valence-corrected chi connectivity index (χ0v) is 16.1. The molecular weight excluding hydrogens is 344 g/mol. The van der Waals surface area contributed by atoms with Gasteiger partial charge in [0.05, 0.1) is 41.7 Å². The first-order valence-corrected chi connectivity index (χ1v) is 8.63. The second kappa shape index (κ2) is 8.64. The van der Waals surface area contributed by atoms with Gasteiger partial charge in [-0.25, -0.2) is 0 Å². The van der Waals surface area contributed by atoms with Gasteiger partial charge in [0.2, 0.25) is 5.75 Å². The van der Waals surface area contributed by atoms with Gasteiger partial charge in [-0.2, -0.15) is 0 Å². The maximum atomic E-state index is 6.00. The van der Waals surface area contributed by atoms with Gasteiger partial charge in [0.1, 0.15) is 5.75 Å². The van der Waals surface area contributed by atoms with Crippen LogP contribution in [0.5, 0.6) is 23.0 Å². The summed E-state index contributed by atoms with van der Waals surface area (Å²) in [4.78, 5) is 0. The molecule has 5 heteroatoms. The minimum absolute atomic E-state index is 0.406. The standard InChI is InChI=1S/C22H24O5/c1-23-19-10-9-16-7-5-6-8-17(16)18(19)14-27-13-15-11-20(24-2)22(26-4)21(12-15)25-3/h5-12H,13-14H2,1-4H3. The molecule has 0 aliphatic heterocycles. The number of rotatable bonds is 8. The van der Waals surface area contributed by atoms with E-state index in [4.69, 9.17) is 23.7 Å². The maximum absolute atomic E-state index is 6.00. The smallest absolute Gasteiger partial charge is 0.203 e. The lowest BCUT2D eigenvalue weighted by atomic mass is 10.0. The zero-order valence-electron chi connectivity index (χ0n) is 16.1. The molecule has 3 aromatic carbocycles. The van der Waals surface area contributed by atoms with Gasteiger partial charge in [-0.3, -0.25) is 0 Å². The highest BCUT2D eigenvalue weighted by molar-refractivity contribution is 5.87. The normalized spacial score (nSPS) is 10.7. The lowest BCUT2D eigenvalue weighted by Gasteiger charge is -2.15. The van der Waals surface area contributed by atoms with Crippen LogP contribution in [0.1, 0.15) is 11.1 Å². The van der Waals surface area contributed by atoms with Crippen molar-refractivity contribution in [2.75, 3.05) is 28.4 Å². The zero-order chi connectivity index (χ0) is 19.2. The number of hydrogen-bond donors (Lipinski definition) is 0. The minimum Gasteiger partial charge on any atom is -0.496 e. The Labute approximate surface area is 159 Å². The molecule has 5 nitrogen and oxygen atoms in total. The average molecular weight is 368 g/mol. The monoisotopic (exact) mass is 368 g/mol. The van der Waals surface area contributed by atoms with Crippen molar-refractivity contribution in [3.8, 4) is 23.0 Å². The molecule has 0 unspecified atom stereocenters. The molecule has 0 amide bonds. The number of hydrogen-bond acceptors (Lipinski definition) is 5. The highest BCUT2D eigenvalue weighted by Crippen LogP contribution is 2.38. The van der Waals surface area contributed by atoms with Crippen molar-refractivity contribution in [1.82, 2.24) is 0 Å². The van der Waals surface area contributed by atoms with E-state index in [1.807, 2.05) is 30.3 Å². The predicted octanol–water partition coefficient (Wildman–Crippen LogP) is 4.59. The Hall–Kier alpha value is -2.92. The average Bonchev–Trinajstić information content (AvgIpc) is 2.72. The van der Waals surface area contributed by atoms with E-state index in [0.717, 1.165) is 27.6 Å². The van der Waals surface area contributed by atoms with Crippen LogP contribution in [0.3, 0.4) is 0 Å². The Balaban J connectivity index is 1.82. The van der Waals surface area contributed by atoms with Crippen LogP contribution in [0.25, 0.3) is 10.8 Å². The third-order valence-electron chi connectivity index (χ3n) is 4.46. The van der Waals surface area contributed by atoms with Gasteiger partial charge in [0.15, 0.2) is 11.5 Å². The molecule has 3 aromatic rings. The van der Waals surface area contributed by atoms with Crippen LogP contribution in [-0.2, 0) is 18.0 Å². The van der Waals surface area contributed by atoms with Crippen LogP contribution < -0.4 is 18.9 Å².